The van der Waals surface area contributed by atoms with E-state index in [2.05, 4.69) is 6.92 Å². The number of carbonyl (C=O) groups excluding carboxylic acids is 1. The molecule has 0 spiro atoms. The van der Waals surface area contributed by atoms with Crippen LogP contribution in [0, 0.1) is 0 Å². The summed E-state index contributed by atoms with van der Waals surface area (Å²) in [6.07, 6.45) is 6.03. The predicted molar refractivity (Wildman–Crippen MR) is 65.7 cm³/mol. The van der Waals surface area contributed by atoms with Gasteiger partial charge >= 0.3 is 5.97 Å². The van der Waals surface area contributed by atoms with Crippen molar-refractivity contribution in [2.45, 2.75) is 63.9 Å². The van der Waals surface area contributed by atoms with E-state index in [0.717, 1.165) is 12.8 Å². The standard InChI is InChI=1S/C12H23ClO3/c1-3-4-5-6-7-8-9-16-12(15)11(13)10(2)14/h10-11,14H,3-9H2,1-2H3. The summed E-state index contributed by atoms with van der Waals surface area (Å²) in [5, 5.41) is 8.11. The Bertz CT molecular complexity index is 183. The van der Waals surface area contributed by atoms with Gasteiger partial charge in [-0.25, -0.2) is 0 Å². The third-order valence-corrected chi connectivity index (χ3v) is 2.93. The first-order valence-corrected chi connectivity index (χ1v) is 6.52. The maximum absolute atomic E-state index is 11.2. The summed E-state index contributed by atoms with van der Waals surface area (Å²) in [4.78, 5) is 11.2. The molecule has 0 aromatic rings. The molecule has 0 heterocycles. The zero-order valence-corrected chi connectivity index (χ0v) is 11.0. The van der Waals surface area contributed by atoms with Gasteiger partial charge in [-0.15, -0.1) is 11.6 Å². The molecule has 4 heteroatoms. The second kappa shape index (κ2) is 9.91. The second-order valence-electron chi connectivity index (χ2n) is 4.08. The van der Waals surface area contributed by atoms with Crippen LogP contribution < -0.4 is 0 Å². The van der Waals surface area contributed by atoms with E-state index >= 15 is 0 Å². The largest absolute Gasteiger partial charge is 0.465 e. The fraction of sp³-hybridized carbons (Fsp3) is 0.917. The zero-order valence-electron chi connectivity index (χ0n) is 10.2. The smallest absolute Gasteiger partial charge is 0.326 e. The number of hydrogen-bond acceptors (Lipinski definition) is 3. The quantitative estimate of drug-likeness (QED) is 0.389. The monoisotopic (exact) mass is 250 g/mol. The Morgan fingerprint density at radius 2 is 1.81 bits per heavy atom. The molecular weight excluding hydrogens is 228 g/mol. The highest BCUT2D eigenvalue weighted by Gasteiger charge is 2.21. The van der Waals surface area contributed by atoms with Gasteiger partial charge in [-0.1, -0.05) is 39.0 Å². The number of alkyl halides is 1. The lowest BCUT2D eigenvalue weighted by Crippen LogP contribution is -2.28. The minimum Gasteiger partial charge on any atom is -0.465 e. The van der Waals surface area contributed by atoms with Crippen molar-refractivity contribution in [3.63, 3.8) is 0 Å². The average molecular weight is 251 g/mol. The van der Waals surface area contributed by atoms with E-state index in [4.69, 9.17) is 21.4 Å². The fourth-order valence-corrected chi connectivity index (χ4v) is 1.39. The summed E-state index contributed by atoms with van der Waals surface area (Å²) in [7, 11) is 0. The van der Waals surface area contributed by atoms with Crippen LogP contribution in [0.4, 0.5) is 0 Å². The lowest BCUT2D eigenvalue weighted by Gasteiger charge is -2.11. The maximum Gasteiger partial charge on any atom is 0.326 e. The van der Waals surface area contributed by atoms with Crippen molar-refractivity contribution in [1.82, 2.24) is 0 Å². The molecule has 16 heavy (non-hydrogen) atoms. The molecule has 1 N–H and O–H groups in total. The van der Waals surface area contributed by atoms with Crippen LogP contribution >= 0.6 is 11.6 Å². The van der Waals surface area contributed by atoms with Gasteiger partial charge in [0.15, 0.2) is 5.38 Å². The molecule has 0 aromatic heterocycles. The number of aliphatic hydroxyl groups is 1. The van der Waals surface area contributed by atoms with Crippen LogP contribution in [0.2, 0.25) is 0 Å². The normalized spacial score (nSPS) is 14.5. The topological polar surface area (TPSA) is 46.5 Å². The molecule has 0 fully saturated rings. The molecule has 2 atom stereocenters. The van der Waals surface area contributed by atoms with Gasteiger partial charge in [0, 0.05) is 0 Å². The van der Waals surface area contributed by atoms with E-state index in [0.29, 0.717) is 6.61 Å². The molecule has 0 amide bonds. The average Bonchev–Trinajstić information content (AvgIpc) is 2.26. The number of rotatable bonds is 9. The molecule has 0 radical (unpaired) electrons. The van der Waals surface area contributed by atoms with Crippen LogP contribution in [0.3, 0.4) is 0 Å². The van der Waals surface area contributed by atoms with Crippen LogP contribution in [0.15, 0.2) is 0 Å². The van der Waals surface area contributed by atoms with Crippen molar-refractivity contribution in [2.75, 3.05) is 6.61 Å². The summed E-state index contributed by atoms with van der Waals surface area (Å²) < 4.78 is 4.94. The molecule has 0 bridgehead atoms. The number of ether oxygens (including phenoxy) is 1. The molecule has 0 aromatic carbocycles. The van der Waals surface area contributed by atoms with Crippen LogP contribution in [0.1, 0.15) is 52.4 Å². The Hall–Kier alpha value is -0.280. The first-order valence-electron chi connectivity index (χ1n) is 6.08. The number of hydrogen-bond donors (Lipinski definition) is 1. The molecule has 0 aliphatic carbocycles. The molecule has 0 aliphatic rings. The number of esters is 1. The van der Waals surface area contributed by atoms with Gasteiger partial charge in [-0.2, -0.15) is 0 Å². The highest BCUT2D eigenvalue weighted by atomic mass is 35.5. The number of unbranched alkanes of at least 4 members (excludes halogenated alkanes) is 5. The van der Waals surface area contributed by atoms with Crippen LogP contribution in [-0.2, 0) is 9.53 Å². The molecule has 0 rings (SSSR count). The molecule has 0 aliphatic heterocycles. The Kier molecular flexibility index (Phi) is 9.74. The molecule has 2 unspecified atom stereocenters. The molecular formula is C12H23ClO3. The Balaban J connectivity index is 3.34. The number of carbonyl (C=O) groups is 1. The van der Waals surface area contributed by atoms with E-state index < -0.39 is 17.5 Å². The van der Waals surface area contributed by atoms with Gasteiger partial charge < -0.3 is 9.84 Å². The Morgan fingerprint density at radius 3 is 2.38 bits per heavy atom. The minimum absolute atomic E-state index is 0.404. The van der Waals surface area contributed by atoms with Crippen molar-refractivity contribution in [2.24, 2.45) is 0 Å². The number of halogens is 1. The molecule has 0 saturated carbocycles. The van der Waals surface area contributed by atoms with Gasteiger partial charge in [0.2, 0.25) is 0 Å². The van der Waals surface area contributed by atoms with Crippen LogP contribution in [0.25, 0.3) is 0 Å². The Labute approximate surface area is 103 Å². The predicted octanol–water partition coefficient (Wildman–Crippen LogP) is 2.88. The molecule has 96 valence electrons. The summed E-state index contributed by atoms with van der Waals surface area (Å²) in [5.41, 5.74) is 0. The minimum atomic E-state index is -0.944. The third-order valence-electron chi connectivity index (χ3n) is 2.39. The lowest BCUT2D eigenvalue weighted by atomic mass is 10.1. The summed E-state index contributed by atoms with van der Waals surface area (Å²) in [6, 6.07) is 0. The number of aliphatic hydroxyl groups excluding tert-OH is 1. The second-order valence-corrected chi connectivity index (χ2v) is 4.55. The fourth-order valence-electron chi connectivity index (χ4n) is 1.33. The van der Waals surface area contributed by atoms with Gasteiger partial charge in [0.1, 0.15) is 0 Å². The first-order chi connectivity index (χ1) is 7.59. The molecule has 0 saturated heterocycles. The lowest BCUT2D eigenvalue weighted by molar-refractivity contribution is -0.145. The molecule has 3 nitrogen and oxygen atoms in total. The summed E-state index contributed by atoms with van der Waals surface area (Å²) in [6.45, 7) is 4.06. The van der Waals surface area contributed by atoms with Gasteiger partial charge in [-0.3, -0.25) is 4.79 Å². The van der Waals surface area contributed by atoms with Crippen molar-refractivity contribution < 1.29 is 14.6 Å². The summed E-state index contributed by atoms with van der Waals surface area (Å²) >= 11 is 5.62. The third kappa shape index (κ3) is 7.94. The SMILES string of the molecule is CCCCCCCCOC(=O)C(Cl)C(C)O. The van der Waals surface area contributed by atoms with Gasteiger partial charge in [0.25, 0.3) is 0 Å². The van der Waals surface area contributed by atoms with Crippen molar-refractivity contribution in [3.05, 3.63) is 0 Å². The highest BCUT2D eigenvalue weighted by molar-refractivity contribution is 6.30. The van der Waals surface area contributed by atoms with Crippen LogP contribution in [-0.4, -0.2) is 29.2 Å². The maximum atomic E-state index is 11.2. The first kappa shape index (κ1) is 15.7. The van der Waals surface area contributed by atoms with Crippen LogP contribution in [0.5, 0.6) is 0 Å². The summed E-state index contributed by atoms with van der Waals surface area (Å²) in [5.74, 6) is -0.523. The van der Waals surface area contributed by atoms with E-state index in [1.54, 1.807) is 0 Å². The van der Waals surface area contributed by atoms with E-state index in [1.165, 1.54) is 32.6 Å². The van der Waals surface area contributed by atoms with E-state index in [-0.39, 0.29) is 0 Å². The van der Waals surface area contributed by atoms with Gasteiger partial charge in [0.05, 0.1) is 12.7 Å². The Morgan fingerprint density at radius 1 is 1.25 bits per heavy atom. The highest BCUT2D eigenvalue weighted by Crippen LogP contribution is 2.07. The van der Waals surface area contributed by atoms with Crippen molar-refractivity contribution in [1.29, 1.82) is 0 Å². The van der Waals surface area contributed by atoms with E-state index in [1.807, 2.05) is 0 Å². The zero-order chi connectivity index (χ0) is 12.4. The van der Waals surface area contributed by atoms with Crippen molar-refractivity contribution in [3.8, 4) is 0 Å². The van der Waals surface area contributed by atoms with E-state index in [9.17, 15) is 4.79 Å². The van der Waals surface area contributed by atoms with Crippen molar-refractivity contribution >= 4 is 17.6 Å². The van der Waals surface area contributed by atoms with Gasteiger partial charge in [-0.05, 0) is 13.3 Å².